The van der Waals surface area contributed by atoms with E-state index in [-0.39, 0.29) is 12.2 Å². The molecule has 0 radical (unpaired) electrons. The minimum Gasteiger partial charge on any atom is -0.373 e. The van der Waals surface area contributed by atoms with Crippen molar-refractivity contribution in [2.45, 2.75) is 32.5 Å². The number of hydrogen-bond acceptors (Lipinski definition) is 4. The summed E-state index contributed by atoms with van der Waals surface area (Å²) in [5.74, 6) is 0. The first-order valence-electron chi connectivity index (χ1n) is 8.97. The Bertz CT molecular complexity index is 927. The average Bonchev–Trinajstić information content (AvgIpc) is 3.05. The second-order valence-electron chi connectivity index (χ2n) is 7.02. The van der Waals surface area contributed by atoms with Gasteiger partial charge in [-0.05, 0) is 38.0 Å². The van der Waals surface area contributed by atoms with Crippen molar-refractivity contribution in [3.8, 4) is 0 Å². The normalized spacial score (nSPS) is 26.2. The van der Waals surface area contributed by atoms with Crippen molar-refractivity contribution >= 4 is 26.8 Å². The van der Waals surface area contributed by atoms with E-state index in [0.29, 0.717) is 32.6 Å². The zero-order valence-corrected chi connectivity index (χ0v) is 15.9. The lowest BCUT2D eigenvalue weighted by atomic mass is 10.0. The molecular formula is C18H24N4O3S. The first-order valence-corrected chi connectivity index (χ1v) is 10.4. The summed E-state index contributed by atoms with van der Waals surface area (Å²) in [7, 11) is -3.46. The summed E-state index contributed by atoms with van der Waals surface area (Å²) in [5, 5.41) is 1.07. The van der Waals surface area contributed by atoms with Crippen LogP contribution in [0.5, 0.6) is 0 Å². The molecule has 140 valence electrons. The minimum absolute atomic E-state index is 0.0804. The summed E-state index contributed by atoms with van der Waals surface area (Å²) >= 11 is 0. The number of hydrogen-bond donors (Lipinski definition) is 1. The van der Waals surface area contributed by atoms with Gasteiger partial charge in [0.1, 0.15) is 5.65 Å². The fourth-order valence-electron chi connectivity index (χ4n) is 3.81. The zero-order chi connectivity index (χ0) is 18.3. The molecule has 0 spiro atoms. The van der Waals surface area contributed by atoms with Gasteiger partial charge >= 0.3 is 0 Å². The molecule has 8 heteroatoms. The Balaban J connectivity index is 1.53. The Kier molecular flexibility index (Phi) is 4.60. The van der Waals surface area contributed by atoms with E-state index in [1.54, 1.807) is 14.8 Å². The highest BCUT2D eigenvalue weighted by Gasteiger charge is 2.35. The predicted octanol–water partition coefficient (Wildman–Crippen LogP) is 2.01. The molecule has 2 aromatic heterocycles. The SMILES string of the molecule is C[C@@H]1CN(S(=O)(=O)N2CC=C(c3c[nH]c4ncccc34)CC2)C[C@@H](C)O1. The second kappa shape index (κ2) is 6.77. The van der Waals surface area contributed by atoms with Crippen LogP contribution in [0.15, 0.2) is 30.6 Å². The molecule has 2 aliphatic rings. The third-order valence-electron chi connectivity index (χ3n) is 5.01. The molecule has 0 amide bonds. The van der Waals surface area contributed by atoms with E-state index >= 15 is 0 Å². The average molecular weight is 376 g/mol. The summed E-state index contributed by atoms with van der Waals surface area (Å²) in [6, 6.07) is 3.95. The highest BCUT2D eigenvalue weighted by Crippen LogP contribution is 2.30. The van der Waals surface area contributed by atoms with Crippen molar-refractivity contribution in [1.29, 1.82) is 0 Å². The van der Waals surface area contributed by atoms with E-state index in [1.165, 1.54) is 5.57 Å². The van der Waals surface area contributed by atoms with Crippen molar-refractivity contribution in [3.63, 3.8) is 0 Å². The predicted molar refractivity (Wildman–Crippen MR) is 101 cm³/mol. The van der Waals surface area contributed by atoms with Crippen molar-refractivity contribution in [2.24, 2.45) is 0 Å². The molecule has 7 nitrogen and oxygen atoms in total. The minimum atomic E-state index is -3.46. The van der Waals surface area contributed by atoms with Crippen LogP contribution in [0.3, 0.4) is 0 Å². The van der Waals surface area contributed by atoms with Gasteiger partial charge in [0.2, 0.25) is 0 Å². The summed E-state index contributed by atoms with van der Waals surface area (Å²) in [5.41, 5.74) is 3.13. The number of fused-ring (bicyclic) bond motifs is 1. The highest BCUT2D eigenvalue weighted by molar-refractivity contribution is 7.86. The lowest BCUT2D eigenvalue weighted by molar-refractivity contribution is -0.0454. The van der Waals surface area contributed by atoms with Gasteiger partial charge in [-0.25, -0.2) is 4.98 Å². The molecule has 2 aliphatic heterocycles. The molecule has 1 saturated heterocycles. The molecule has 4 heterocycles. The maximum Gasteiger partial charge on any atom is 0.282 e. The number of aromatic nitrogens is 2. The van der Waals surface area contributed by atoms with Crippen LogP contribution in [0.1, 0.15) is 25.8 Å². The van der Waals surface area contributed by atoms with Crippen molar-refractivity contribution < 1.29 is 13.2 Å². The molecule has 1 fully saturated rings. The molecule has 0 aromatic carbocycles. The van der Waals surface area contributed by atoms with E-state index in [9.17, 15) is 8.42 Å². The summed E-state index contributed by atoms with van der Waals surface area (Å²) in [4.78, 5) is 7.50. The van der Waals surface area contributed by atoms with Crippen LogP contribution in [0.2, 0.25) is 0 Å². The van der Waals surface area contributed by atoms with E-state index in [0.717, 1.165) is 16.6 Å². The molecule has 2 atom stereocenters. The number of rotatable bonds is 3. The Morgan fingerprint density at radius 3 is 2.69 bits per heavy atom. The molecule has 4 rings (SSSR count). The van der Waals surface area contributed by atoms with Crippen LogP contribution < -0.4 is 0 Å². The van der Waals surface area contributed by atoms with Crippen molar-refractivity contribution in [1.82, 2.24) is 18.6 Å². The first-order chi connectivity index (χ1) is 12.4. The number of ether oxygens (including phenoxy) is 1. The fraction of sp³-hybridized carbons (Fsp3) is 0.500. The molecule has 1 N–H and O–H groups in total. The van der Waals surface area contributed by atoms with Crippen LogP contribution in [-0.2, 0) is 14.9 Å². The summed E-state index contributed by atoms with van der Waals surface area (Å²) < 4.78 is 34.8. The van der Waals surface area contributed by atoms with Crippen LogP contribution in [0.25, 0.3) is 16.6 Å². The second-order valence-corrected chi connectivity index (χ2v) is 8.95. The van der Waals surface area contributed by atoms with Crippen LogP contribution in [0.4, 0.5) is 0 Å². The monoisotopic (exact) mass is 376 g/mol. The molecular weight excluding hydrogens is 352 g/mol. The topological polar surface area (TPSA) is 78.5 Å². The van der Waals surface area contributed by atoms with Gasteiger partial charge in [0.15, 0.2) is 0 Å². The number of pyridine rings is 1. The smallest absolute Gasteiger partial charge is 0.282 e. The van der Waals surface area contributed by atoms with Crippen LogP contribution >= 0.6 is 0 Å². The molecule has 2 aromatic rings. The van der Waals surface area contributed by atoms with Crippen molar-refractivity contribution in [3.05, 3.63) is 36.2 Å². The summed E-state index contributed by atoms with van der Waals surface area (Å²) in [6.45, 7) is 5.53. The Hall–Kier alpha value is -1.74. The largest absolute Gasteiger partial charge is 0.373 e. The van der Waals surface area contributed by atoms with Gasteiger partial charge in [0.05, 0.1) is 12.2 Å². The highest BCUT2D eigenvalue weighted by atomic mass is 32.2. The van der Waals surface area contributed by atoms with E-state index in [4.69, 9.17) is 4.74 Å². The maximum absolute atomic E-state index is 13.0. The molecule has 0 bridgehead atoms. The third-order valence-corrected chi connectivity index (χ3v) is 6.94. The van der Waals surface area contributed by atoms with E-state index in [2.05, 4.69) is 9.97 Å². The van der Waals surface area contributed by atoms with Gasteiger partial charge in [-0.15, -0.1) is 0 Å². The van der Waals surface area contributed by atoms with Crippen molar-refractivity contribution in [2.75, 3.05) is 26.2 Å². The molecule has 0 unspecified atom stereocenters. The van der Waals surface area contributed by atoms with Crippen LogP contribution in [-0.4, -0.2) is 65.4 Å². The standard InChI is InChI=1S/C18H24N4O3S/c1-13-11-22(12-14(2)25-13)26(23,24)21-8-5-15(6-9-21)17-10-20-18-16(17)4-3-7-19-18/h3-5,7,10,13-14H,6,8-9,11-12H2,1-2H3,(H,19,20)/t13-,14-/m1/s1. The number of aromatic amines is 1. The zero-order valence-electron chi connectivity index (χ0n) is 15.1. The quantitative estimate of drug-likeness (QED) is 0.889. The molecule has 0 aliphatic carbocycles. The maximum atomic E-state index is 13.0. The Labute approximate surface area is 153 Å². The molecule has 0 saturated carbocycles. The van der Waals surface area contributed by atoms with Gasteiger partial charge in [0.25, 0.3) is 10.2 Å². The van der Waals surface area contributed by atoms with Gasteiger partial charge < -0.3 is 9.72 Å². The lowest BCUT2D eigenvalue weighted by Crippen LogP contribution is -2.53. The van der Waals surface area contributed by atoms with E-state index < -0.39 is 10.2 Å². The summed E-state index contributed by atoms with van der Waals surface area (Å²) in [6.07, 6.45) is 6.27. The van der Waals surface area contributed by atoms with Gasteiger partial charge in [0, 0.05) is 49.5 Å². The Morgan fingerprint density at radius 2 is 2.00 bits per heavy atom. The number of nitrogens with zero attached hydrogens (tertiary/aromatic N) is 3. The van der Waals surface area contributed by atoms with Gasteiger partial charge in [-0.1, -0.05) is 6.08 Å². The lowest BCUT2D eigenvalue weighted by Gasteiger charge is -2.38. The fourth-order valence-corrected chi connectivity index (χ4v) is 5.52. The van der Waals surface area contributed by atoms with Crippen LogP contribution in [0, 0.1) is 0 Å². The van der Waals surface area contributed by atoms with Gasteiger partial charge in [-0.3, -0.25) is 0 Å². The number of morpholine rings is 1. The number of nitrogens with one attached hydrogen (secondary N) is 1. The van der Waals surface area contributed by atoms with Gasteiger partial charge in [-0.2, -0.15) is 17.0 Å². The van der Waals surface area contributed by atoms with E-state index in [1.807, 2.05) is 38.3 Å². The number of H-pyrrole nitrogens is 1. The first kappa shape index (κ1) is 17.7. The molecule has 26 heavy (non-hydrogen) atoms. The third kappa shape index (κ3) is 3.18. The Morgan fingerprint density at radius 1 is 1.23 bits per heavy atom.